The molecule has 0 unspecified atom stereocenters. The lowest BCUT2D eigenvalue weighted by Gasteiger charge is -2.21. The zero-order chi connectivity index (χ0) is 18.6. The highest BCUT2D eigenvalue weighted by Gasteiger charge is 2.25. The SMILES string of the molecule is Cn1c(N2CC[C@@H](NCc3ccccc3)C2)nc(-c2ccncn2)cc1=O. The van der Waals surface area contributed by atoms with Crippen molar-refractivity contribution < 1.29 is 0 Å². The first-order valence-electron chi connectivity index (χ1n) is 9.07. The van der Waals surface area contributed by atoms with E-state index in [4.69, 9.17) is 4.98 Å². The highest BCUT2D eigenvalue weighted by molar-refractivity contribution is 5.55. The van der Waals surface area contributed by atoms with Crippen molar-refractivity contribution in [3.63, 3.8) is 0 Å². The number of anilines is 1. The molecule has 0 spiro atoms. The van der Waals surface area contributed by atoms with E-state index in [0.717, 1.165) is 26.1 Å². The van der Waals surface area contributed by atoms with Crippen LogP contribution in [0.15, 0.2) is 59.8 Å². The average molecular weight is 362 g/mol. The summed E-state index contributed by atoms with van der Waals surface area (Å²) in [5, 5.41) is 3.60. The molecule has 0 aliphatic carbocycles. The van der Waals surface area contributed by atoms with Gasteiger partial charge < -0.3 is 10.2 Å². The standard InChI is InChI=1S/C20H22N6O/c1-25-19(27)11-18(17-7-9-21-14-23-17)24-20(25)26-10-8-16(13-26)22-12-15-5-3-2-4-6-15/h2-7,9,11,14,16,22H,8,10,12-13H2,1H3/t16-/m1/s1. The Morgan fingerprint density at radius 3 is 2.81 bits per heavy atom. The fourth-order valence-electron chi connectivity index (χ4n) is 3.35. The third-order valence-electron chi connectivity index (χ3n) is 4.86. The van der Waals surface area contributed by atoms with Crippen LogP contribution in [-0.2, 0) is 13.6 Å². The lowest BCUT2D eigenvalue weighted by Crippen LogP contribution is -2.35. The Kier molecular flexibility index (Phi) is 4.93. The molecular weight excluding hydrogens is 340 g/mol. The molecule has 0 radical (unpaired) electrons. The molecule has 4 rings (SSSR count). The van der Waals surface area contributed by atoms with Crippen molar-refractivity contribution in [2.24, 2.45) is 7.05 Å². The van der Waals surface area contributed by atoms with Crippen LogP contribution >= 0.6 is 0 Å². The summed E-state index contributed by atoms with van der Waals surface area (Å²) in [7, 11) is 1.76. The summed E-state index contributed by atoms with van der Waals surface area (Å²) < 4.78 is 1.60. The summed E-state index contributed by atoms with van der Waals surface area (Å²) in [4.78, 5) is 27.4. The first kappa shape index (κ1) is 17.4. The van der Waals surface area contributed by atoms with Crippen molar-refractivity contribution in [2.45, 2.75) is 19.0 Å². The Balaban J connectivity index is 1.50. The van der Waals surface area contributed by atoms with E-state index in [-0.39, 0.29) is 5.56 Å². The van der Waals surface area contributed by atoms with Gasteiger partial charge in [-0.05, 0) is 18.1 Å². The molecule has 138 valence electrons. The van der Waals surface area contributed by atoms with Gasteiger partial charge in [-0.1, -0.05) is 30.3 Å². The minimum atomic E-state index is -0.0886. The molecule has 3 heterocycles. The van der Waals surface area contributed by atoms with Crippen LogP contribution in [0, 0.1) is 0 Å². The Labute approximate surface area is 157 Å². The van der Waals surface area contributed by atoms with E-state index in [1.165, 1.54) is 18.0 Å². The zero-order valence-electron chi connectivity index (χ0n) is 15.2. The van der Waals surface area contributed by atoms with Crippen LogP contribution in [0.2, 0.25) is 0 Å². The monoisotopic (exact) mass is 362 g/mol. The minimum absolute atomic E-state index is 0.0886. The number of nitrogens with zero attached hydrogens (tertiary/aromatic N) is 5. The van der Waals surface area contributed by atoms with Crippen molar-refractivity contribution in [3.05, 3.63) is 70.9 Å². The van der Waals surface area contributed by atoms with Gasteiger partial charge in [-0.25, -0.2) is 15.0 Å². The third-order valence-corrected chi connectivity index (χ3v) is 4.86. The molecule has 1 fully saturated rings. The number of nitrogens with one attached hydrogen (secondary N) is 1. The topological polar surface area (TPSA) is 75.9 Å². The van der Waals surface area contributed by atoms with E-state index >= 15 is 0 Å². The minimum Gasteiger partial charge on any atom is -0.341 e. The first-order chi connectivity index (χ1) is 13.2. The van der Waals surface area contributed by atoms with Crippen LogP contribution in [0.5, 0.6) is 0 Å². The number of aromatic nitrogens is 4. The third kappa shape index (κ3) is 3.88. The maximum atomic E-state index is 12.4. The number of hydrogen-bond donors (Lipinski definition) is 1. The van der Waals surface area contributed by atoms with Crippen LogP contribution in [0.1, 0.15) is 12.0 Å². The Morgan fingerprint density at radius 2 is 2.04 bits per heavy atom. The van der Waals surface area contributed by atoms with E-state index < -0.39 is 0 Å². The van der Waals surface area contributed by atoms with Gasteiger partial charge in [-0.3, -0.25) is 9.36 Å². The number of benzene rings is 1. The van der Waals surface area contributed by atoms with Gasteiger partial charge in [-0.2, -0.15) is 0 Å². The van der Waals surface area contributed by atoms with E-state index in [1.54, 1.807) is 23.9 Å². The molecule has 1 saturated heterocycles. The second-order valence-electron chi connectivity index (χ2n) is 6.73. The number of rotatable bonds is 5. The van der Waals surface area contributed by atoms with E-state index in [9.17, 15) is 4.79 Å². The van der Waals surface area contributed by atoms with Crippen LogP contribution in [0.4, 0.5) is 5.95 Å². The highest BCUT2D eigenvalue weighted by Crippen LogP contribution is 2.20. The Bertz CT molecular complexity index is 957. The largest absolute Gasteiger partial charge is 0.341 e. The fourth-order valence-corrected chi connectivity index (χ4v) is 3.35. The summed E-state index contributed by atoms with van der Waals surface area (Å²) >= 11 is 0. The van der Waals surface area contributed by atoms with Crippen LogP contribution in [-0.4, -0.2) is 38.7 Å². The summed E-state index contributed by atoms with van der Waals surface area (Å²) in [6.45, 7) is 2.52. The summed E-state index contributed by atoms with van der Waals surface area (Å²) in [5.41, 5.74) is 2.42. The molecule has 27 heavy (non-hydrogen) atoms. The second kappa shape index (κ2) is 7.67. The predicted molar refractivity (Wildman–Crippen MR) is 104 cm³/mol. The van der Waals surface area contributed by atoms with Gasteiger partial charge in [0.05, 0.1) is 11.4 Å². The predicted octanol–water partition coefficient (Wildman–Crippen LogP) is 1.61. The molecular formula is C20H22N6O. The summed E-state index contributed by atoms with van der Waals surface area (Å²) in [5.74, 6) is 0.681. The summed E-state index contributed by atoms with van der Waals surface area (Å²) in [6.07, 6.45) is 4.13. The molecule has 1 aromatic carbocycles. The molecule has 0 saturated carbocycles. The maximum absolute atomic E-state index is 12.4. The maximum Gasteiger partial charge on any atom is 0.255 e. The van der Waals surface area contributed by atoms with Crippen LogP contribution < -0.4 is 15.8 Å². The van der Waals surface area contributed by atoms with Gasteiger partial charge in [-0.15, -0.1) is 0 Å². The lowest BCUT2D eigenvalue weighted by atomic mass is 10.2. The molecule has 2 aromatic heterocycles. The van der Waals surface area contributed by atoms with Gasteiger partial charge in [0.2, 0.25) is 5.95 Å². The average Bonchev–Trinajstić information content (AvgIpc) is 3.18. The first-order valence-corrected chi connectivity index (χ1v) is 9.07. The smallest absolute Gasteiger partial charge is 0.255 e. The highest BCUT2D eigenvalue weighted by atomic mass is 16.1. The van der Waals surface area contributed by atoms with Gasteiger partial charge in [0.15, 0.2) is 0 Å². The lowest BCUT2D eigenvalue weighted by molar-refractivity contribution is 0.550. The quantitative estimate of drug-likeness (QED) is 0.743. The molecule has 7 nitrogen and oxygen atoms in total. The molecule has 7 heteroatoms. The fraction of sp³-hybridized carbons (Fsp3) is 0.300. The van der Waals surface area contributed by atoms with Crippen molar-refractivity contribution in [2.75, 3.05) is 18.0 Å². The second-order valence-corrected chi connectivity index (χ2v) is 6.73. The van der Waals surface area contributed by atoms with E-state index in [1.807, 2.05) is 6.07 Å². The molecule has 0 amide bonds. The van der Waals surface area contributed by atoms with Crippen molar-refractivity contribution >= 4 is 5.95 Å². The van der Waals surface area contributed by atoms with Gasteiger partial charge in [0.25, 0.3) is 5.56 Å². The van der Waals surface area contributed by atoms with Crippen molar-refractivity contribution in [1.82, 2.24) is 24.8 Å². The Hall–Kier alpha value is -3.06. The summed E-state index contributed by atoms with van der Waals surface area (Å²) in [6, 6.07) is 14.0. The normalized spacial score (nSPS) is 16.6. The molecule has 1 aliphatic rings. The molecule has 1 atom stereocenters. The number of hydrogen-bond acceptors (Lipinski definition) is 6. The van der Waals surface area contributed by atoms with Gasteiger partial charge >= 0.3 is 0 Å². The molecule has 1 aliphatic heterocycles. The molecule has 1 N–H and O–H groups in total. The molecule has 3 aromatic rings. The van der Waals surface area contributed by atoms with Gasteiger partial charge in [0, 0.05) is 45.0 Å². The van der Waals surface area contributed by atoms with Crippen molar-refractivity contribution in [1.29, 1.82) is 0 Å². The van der Waals surface area contributed by atoms with Crippen molar-refractivity contribution in [3.8, 4) is 11.4 Å². The van der Waals surface area contributed by atoms with Crippen LogP contribution in [0.25, 0.3) is 11.4 Å². The van der Waals surface area contributed by atoms with Crippen LogP contribution in [0.3, 0.4) is 0 Å². The van der Waals surface area contributed by atoms with E-state index in [2.05, 4.69) is 44.5 Å². The molecule has 0 bridgehead atoms. The van der Waals surface area contributed by atoms with Gasteiger partial charge in [0.1, 0.15) is 6.33 Å². The zero-order valence-corrected chi connectivity index (χ0v) is 15.2. The Morgan fingerprint density at radius 1 is 1.19 bits per heavy atom. The van der Waals surface area contributed by atoms with E-state index in [0.29, 0.717) is 23.4 Å².